The second kappa shape index (κ2) is 8.39. The molecule has 136 valence electrons. The summed E-state index contributed by atoms with van der Waals surface area (Å²) in [5.74, 6) is -0.571. The number of nitrogens with one attached hydrogen (secondary N) is 2. The minimum atomic E-state index is -0.571. The van der Waals surface area contributed by atoms with Gasteiger partial charge in [-0.2, -0.15) is 5.10 Å². The zero-order valence-electron chi connectivity index (χ0n) is 13.6. The Kier molecular flexibility index (Phi) is 5.74. The lowest BCUT2D eigenvalue weighted by Gasteiger charge is -2.00. The smallest absolute Gasteiger partial charge is 0.271 e. The van der Waals surface area contributed by atoms with E-state index in [1.54, 1.807) is 0 Å². The Morgan fingerprint density at radius 1 is 1.22 bits per heavy atom. The van der Waals surface area contributed by atoms with Crippen molar-refractivity contribution in [1.82, 2.24) is 10.4 Å². The summed E-state index contributed by atoms with van der Waals surface area (Å²) in [5.41, 5.74) is 3.13. The molecule has 1 heterocycles. The number of benzene rings is 2. The summed E-state index contributed by atoms with van der Waals surface area (Å²) in [6.07, 6.45) is 1.37. The van der Waals surface area contributed by atoms with Gasteiger partial charge in [-0.05, 0) is 18.2 Å². The molecule has 27 heavy (non-hydrogen) atoms. The molecule has 10 heteroatoms. The van der Waals surface area contributed by atoms with Crippen LogP contribution in [0.1, 0.15) is 15.2 Å². The first-order chi connectivity index (χ1) is 13.0. The van der Waals surface area contributed by atoms with Gasteiger partial charge in [0.15, 0.2) is 10.3 Å². The first kappa shape index (κ1) is 18.5. The Morgan fingerprint density at radius 3 is 2.74 bits per heavy atom. The molecule has 0 atom stereocenters. The number of nitro groups is 1. The molecule has 0 fully saturated rings. The number of para-hydroxylation sites is 1. The SMILES string of the molecule is O=C(N/N=C/c1sc(Nc2ccccc2)nc1Cl)c1cccc([N+](=O)[O-])c1. The van der Waals surface area contributed by atoms with Gasteiger partial charge in [0.1, 0.15) is 0 Å². The molecule has 0 aliphatic rings. The van der Waals surface area contributed by atoms with Crippen molar-refractivity contribution in [3.63, 3.8) is 0 Å². The molecule has 1 amide bonds. The number of hydrogen-bond acceptors (Lipinski definition) is 7. The number of aromatic nitrogens is 1. The summed E-state index contributed by atoms with van der Waals surface area (Å²) in [4.78, 5) is 27.0. The van der Waals surface area contributed by atoms with E-state index in [1.165, 1.54) is 41.8 Å². The molecule has 0 saturated heterocycles. The molecule has 1 aromatic heterocycles. The lowest BCUT2D eigenvalue weighted by molar-refractivity contribution is -0.384. The number of carbonyl (C=O) groups excluding carboxylic acids is 1. The fraction of sp³-hybridized carbons (Fsp3) is 0. The van der Waals surface area contributed by atoms with Crippen molar-refractivity contribution in [3.8, 4) is 0 Å². The van der Waals surface area contributed by atoms with E-state index < -0.39 is 10.8 Å². The largest absolute Gasteiger partial charge is 0.331 e. The number of nitro benzene ring substituents is 1. The highest BCUT2D eigenvalue weighted by Crippen LogP contribution is 2.27. The topological polar surface area (TPSA) is 110 Å². The summed E-state index contributed by atoms with van der Waals surface area (Å²) < 4.78 is 0. The molecule has 0 spiro atoms. The average Bonchev–Trinajstić information content (AvgIpc) is 3.01. The fourth-order valence-electron chi connectivity index (χ4n) is 2.07. The summed E-state index contributed by atoms with van der Waals surface area (Å²) in [5, 5.41) is 18.5. The van der Waals surface area contributed by atoms with Gasteiger partial charge in [-0.3, -0.25) is 14.9 Å². The van der Waals surface area contributed by atoms with Gasteiger partial charge in [0, 0.05) is 23.4 Å². The molecule has 0 radical (unpaired) electrons. The molecular formula is C17H12ClN5O3S. The van der Waals surface area contributed by atoms with E-state index in [4.69, 9.17) is 11.6 Å². The van der Waals surface area contributed by atoms with E-state index in [2.05, 4.69) is 20.8 Å². The van der Waals surface area contributed by atoms with Crippen molar-refractivity contribution in [2.75, 3.05) is 5.32 Å². The Balaban J connectivity index is 1.65. The van der Waals surface area contributed by atoms with Gasteiger partial charge in [0.2, 0.25) is 0 Å². The number of amides is 1. The lowest BCUT2D eigenvalue weighted by Crippen LogP contribution is -2.17. The molecule has 0 saturated carbocycles. The molecule has 0 unspecified atom stereocenters. The minimum absolute atomic E-state index is 0.128. The minimum Gasteiger partial charge on any atom is -0.331 e. The highest BCUT2D eigenvalue weighted by Gasteiger charge is 2.11. The molecule has 2 aromatic carbocycles. The Morgan fingerprint density at radius 2 is 2.00 bits per heavy atom. The number of hydrazone groups is 1. The third-order valence-corrected chi connectivity index (χ3v) is 4.61. The summed E-state index contributed by atoms with van der Waals surface area (Å²) in [7, 11) is 0. The molecule has 3 aromatic rings. The van der Waals surface area contributed by atoms with E-state index >= 15 is 0 Å². The first-order valence-corrected chi connectivity index (χ1v) is 8.78. The van der Waals surface area contributed by atoms with Crippen molar-refractivity contribution < 1.29 is 9.72 Å². The Bertz CT molecular complexity index is 1010. The average molecular weight is 402 g/mol. The zero-order valence-corrected chi connectivity index (χ0v) is 15.2. The summed E-state index contributed by atoms with van der Waals surface area (Å²) in [6.45, 7) is 0. The first-order valence-electron chi connectivity index (χ1n) is 7.59. The number of anilines is 2. The third kappa shape index (κ3) is 4.87. The number of hydrogen-bond donors (Lipinski definition) is 2. The van der Waals surface area contributed by atoms with Gasteiger partial charge < -0.3 is 5.32 Å². The van der Waals surface area contributed by atoms with Gasteiger partial charge in [0.25, 0.3) is 11.6 Å². The van der Waals surface area contributed by atoms with Crippen LogP contribution in [0.25, 0.3) is 0 Å². The van der Waals surface area contributed by atoms with Gasteiger partial charge >= 0.3 is 0 Å². The maximum absolute atomic E-state index is 12.0. The van der Waals surface area contributed by atoms with Crippen LogP contribution in [-0.4, -0.2) is 22.0 Å². The molecule has 0 aliphatic carbocycles. The van der Waals surface area contributed by atoms with Crippen LogP contribution in [0.5, 0.6) is 0 Å². The maximum atomic E-state index is 12.0. The third-order valence-electron chi connectivity index (χ3n) is 3.30. The fourth-order valence-corrected chi connectivity index (χ4v) is 3.11. The van der Waals surface area contributed by atoms with E-state index in [1.807, 2.05) is 30.3 Å². The van der Waals surface area contributed by atoms with Crippen LogP contribution in [0, 0.1) is 10.1 Å². The Labute approximate surface area is 162 Å². The second-order valence-electron chi connectivity index (χ2n) is 5.17. The van der Waals surface area contributed by atoms with Crippen LogP contribution in [0.2, 0.25) is 5.15 Å². The zero-order chi connectivity index (χ0) is 19.2. The van der Waals surface area contributed by atoms with Crippen molar-refractivity contribution in [1.29, 1.82) is 0 Å². The lowest BCUT2D eigenvalue weighted by atomic mass is 10.2. The van der Waals surface area contributed by atoms with Crippen LogP contribution in [0.3, 0.4) is 0 Å². The van der Waals surface area contributed by atoms with E-state index in [0.29, 0.717) is 10.0 Å². The van der Waals surface area contributed by atoms with Crippen molar-refractivity contribution in [2.24, 2.45) is 5.10 Å². The van der Waals surface area contributed by atoms with Gasteiger partial charge in [-0.15, -0.1) is 0 Å². The summed E-state index contributed by atoms with van der Waals surface area (Å²) in [6, 6.07) is 14.8. The monoisotopic (exact) mass is 401 g/mol. The number of halogens is 1. The maximum Gasteiger partial charge on any atom is 0.271 e. The molecule has 2 N–H and O–H groups in total. The predicted molar refractivity (Wildman–Crippen MR) is 105 cm³/mol. The second-order valence-corrected chi connectivity index (χ2v) is 6.56. The van der Waals surface area contributed by atoms with E-state index in [0.717, 1.165) is 5.69 Å². The number of carbonyl (C=O) groups is 1. The van der Waals surface area contributed by atoms with Crippen LogP contribution >= 0.6 is 22.9 Å². The number of thiazole rings is 1. The van der Waals surface area contributed by atoms with E-state index in [-0.39, 0.29) is 16.4 Å². The van der Waals surface area contributed by atoms with Gasteiger partial charge in [-0.25, -0.2) is 10.4 Å². The molecule has 0 bridgehead atoms. The van der Waals surface area contributed by atoms with Crippen LogP contribution in [0.15, 0.2) is 59.7 Å². The quantitative estimate of drug-likeness (QED) is 0.365. The van der Waals surface area contributed by atoms with Crippen LogP contribution < -0.4 is 10.7 Å². The summed E-state index contributed by atoms with van der Waals surface area (Å²) >= 11 is 7.34. The van der Waals surface area contributed by atoms with Crippen LogP contribution in [-0.2, 0) is 0 Å². The molecule has 8 nitrogen and oxygen atoms in total. The molecule has 3 rings (SSSR count). The molecule has 0 aliphatic heterocycles. The normalized spacial score (nSPS) is 10.7. The number of nitrogens with zero attached hydrogens (tertiary/aromatic N) is 3. The van der Waals surface area contributed by atoms with E-state index in [9.17, 15) is 14.9 Å². The highest BCUT2D eigenvalue weighted by atomic mass is 35.5. The molecular weight excluding hydrogens is 390 g/mol. The Hall–Kier alpha value is -3.30. The van der Waals surface area contributed by atoms with Crippen LogP contribution in [0.4, 0.5) is 16.5 Å². The number of rotatable bonds is 6. The van der Waals surface area contributed by atoms with Crippen molar-refractivity contribution in [3.05, 3.63) is 80.3 Å². The van der Waals surface area contributed by atoms with Gasteiger partial charge in [0.05, 0.1) is 16.0 Å². The number of non-ortho nitro benzene ring substituents is 1. The standard InChI is InChI=1S/C17H12ClN5O3S/c18-15-14(27-17(21-15)20-12-6-2-1-3-7-12)10-19-22-16(24)11-5-4-8-13(9-11)23(25)26/h1-10H,(H,20,21)(H,22,24)/b19-10+. The highest BCUT2D eigenvalue weighted by molar-refractivity contribution is 7.17. The van der Waals surface area contributed by atoms with Crippen molar-refractivity contribution >= 4 is 51.6 Å². The van der Waals surface area contributed by atoms with Crippen molar-refractivity contribution in [2.45, 2.75) is 0 Å². The predicted octanol–water partition coefficient (Wildman–Crippen LogP) is 4.21. The van der Waals surface area contributed by atoms with Gasteiger partial charge in [-0.1, -0.05) is 47.2 Å².